The molecule has 1 aromatic rings. The largest absolute Gasteiger partial charge is 0.496 e. The number of hydrogen-bond donors (Lipinski definition) is 2. The molecule has 1 saturated carbocycles. The van der Waals surface area contributed by atoms with E-state index < -0.39 is 0 Å². The van der Waals surface area contributed by atoms with E-state index in [1.165, 1.54) is 19.3 Å². The van der Waals surface area contributed by atoms with E-state index in [9.17, 15) is 4.79 Å². The van der Waals surface area contributed by atoms with Crippen molar-refractivity contribution in [2.75, 3.05) is 27.7 Å². The van der Waals surface area contributed by atoms with Gasteiger partial charge in [0.2, 0.25) is 5.91 Å². The first-order valence-corrected chi connectivity index (χ1v) is 9.79. The summed E-state index contributed by atoms with van der Waals surface area (Å²) >= 11 is 0. The minimum absolute atomic E-state index is 0.0223. The Kier molecular flexibility index (Phi) is 7.95. The first-order chi connectivity index (χ1) is 12.9. The summed E-state index contributed by atoms with van der Waals surface area (Å²) in [6.45, 7) is 5.05. The number of amides is 1. The van der Waals surface area contributed by atoms with Crippen LogP contribution >= 0.6 is 0 Å². The fourth-order valence-electron chi connectivity index (χ4n) is 3.32. The van der Waals surface area contributed by atoms with Crippen molar-refractivity contribution < 1.29 is 9.53 Å². The van der Waals surface area contributed by atoms with Crippen LogP contribution in [0.5, 0.6) is 5.75 Å². The van der Waals surface area contributed by atoms with Gasteiger partial charge in [-0.1, -0.05) is 31.9 Å². The molecule has 2 atom stereocenters. The van der Waals surface area contributed by atoms with Crippen LogP contribution in [0, 0.1) is 12.8 Å². The standard InChI is InChI=1S/C21H34N4O2/c1-15-10-11-17(19(12-15)27-5)13-22-21(23-14-20(26)25(3)4)24-18-9-7-6-8-16(18)2/h10-12,16,18H,6-9,13-14H2,1-5H3,(H2,22,23,24). The summed E-state index contributed by atoms with van der Waals surface area (Å²) in [6.07, 6.45) is 4.89. The van der Waals surface area contributed by atoms with Gasteiger partial charge in [0.15, 0.2) is 5.96 Å². The zero-order valence-electron chi connectivity index (χ0n) is 17.3. The Morgan fingerprint density at radius 2 is 2.04 bits per heavy atom. The number of likely N-dealkylation sites (N-methyl/N-ethyl adjacent to an activating group) is 1. The summed E-state index contributed by atoms with van der Waals surface area (Å²) in [5, 5.41) is 6.74. The van der Waals surface area contributed by atoms with Crippen LogP contribution in [0.4, 0.5) is 0 Å². The summed E-state index contributed by atoms with van der Waals surface area (Å²) in [5.74, 6) is 2.15. The smallest absolute Gasteiger partial charge is 0.241 e. The zero-order chi connectivity index (χ0) is 19.8. The van der Waals surface area contributed by atoms with Gasteiger partial charge in [-0.25, -0.2) is 4.99 Å². The van der Waals surface area contributed by atoms with Crippen LogP contribution in [-0.2, 0) is 11.3 Å². The topological polar surface area (TPSA) is 66.0 Å². The number of aliphatic imine (C=N–C) groups is 1. The lowest BCUT2D eigenvalue weighted by Crippen LogP contribution is -2.49. The average Bonchev–Trinajstić information content (AvgIpc) is 2.65. The molecule has 0 saturated heterocycles. The third-order valence-corrected chi connectivity index (χ3v) is 5.19. The molecule has 1 aromatic carbocycles. The number of carbonyl (C=O) groups excluding carboxylic acids is 1. The van der Waals surface area contributed by atoms with Crippen molar-refractivity contribution in [2.45, 2.75) is 52.1 Å². The zero-order valence-corrected chi connectivity index (χ0v) is 17.3. The highest BCUT2D eigenvalue weighted by Crippen LogP contribution is 2.24. The van der Waals surface area contributed by atoms with Gasteiger partial charge < -0.3 is 20.3 Å². The SMILES string of the molecule is COc1cc(C)ccc1CN=C(NCC(=O)N(C)C)NC1CCCCC1C. The fraction of sp³-hybridized carbons (Fsp3) is 0.619. The van der Waals surface area contributed by atoms with Gasteiger partial charge in [0.1, 0.15) is 5.75 Å². The normalized spacial score (nSPS) is 20.1. The van der Waals surface area contributed by atoms with Crippen LogP contribution < -0.4 is 15.4 Å². The summed E-state index contributed by atoms with van der Waals surface area (Å²) in [6, 6.07) is 6.51. The van der Waals surface area contributed by atoms with Crippen molar-refractivity contribution in [3.05, 3.63) is 29.3 Å². The number of aryl methyl sites for hydroxylation is 1. The molecule has 0 aliphatic heterocycles. The van der Waals surface area contributed by atoms with Gasteiger partial charge >= 0.3 is 0 Å². The number of rotatable bonds is 6. The summed E-state index contributed by atoms with van der Waals surface area (Å²) < 4.78 is 5.48. The Bertz CT molecular complexity index is 658. The highest BCUT2D eigenvalue weighted by atomic mass is 16.5. The first kappa shape index (κ1) is 21.1. The maximum absolute atomic E-state index is 12.0. The number of carbonyl (C=O) groups is 1. The van der Waals surface area contributed by atoms with Crippen molar-refractivity contribution in [2.24, 2.45) is 10.9 Å². The highest BCUT2D eigenvalue weighted by molar-refractivity contribution is 5.86. The Balaban J connectivity index is 2.12. The van der Waals surface area contributed by atoms with Crippen LogP contribution in [0.15, 0.2) is 23.2 Å². The molecule has 1 aliphatic rings. The monoisotopic (exact) mass is 374 g/mol. The number of nitrogens with zero attached hydrogens (tertiary/aromatic N) is 2. The van der Waals surface area contributed by atoms with Gasteiger partial charge in [-0.05, 0) is 37.3 Å². The second-order valence-electron chi connectivity index (χ2n) is 7.63. The van der Waals surface area contributed by atoms with Gasteiger partial charge in [-0.15, -0.1) is 0 Å². The van der Waals surface area contributed by atoms with Crippen molar-refractivity contribution in [3.63, 3.8) is 0 Å². The van der Waals surface area contributed by atoms with E-state index >= 15 is 0 Å². The predicted octanol–water partition coefficient (Wildman–Crippen LogP) is 2.71. The molecule has 6 nitrogen and oxygen atoms in total. The number of guanidine groups is 1. The third-order valence-electron chi connectivity index (χ3n) is 5.19. The van der Waals surface area contributed by atoms with Gasteiger partial charge in [0, 0.05) is 25.7 Å². The molecule has 1 amide bonds. The third kappa shape index (κ3) is 6.45. The molecule has 150 valence electrons. The molecule has 0 spiro atoms. The maximum Gasteiger partial charge on any atom is 0.241 e. The predicted molar refractivity (Wildman–Crippen MR) is 110 cm³/mol. The summed E-state index contributed by atoms with van der Waals surface area (Å²) in [7, 11) is 5.20. The summed E-state index contributed by atoms with van der Waals surface area (Å²) in [4.78, 5) is 18.3. The van der Waals surface area contributed by atoms with Crippen LogP contribution in [0.25, 0.3) is 0 Å². The van der Waals surface area contributed by atoms with Gasteiger partial charge in [-0.3, -0.25) is 4.79 Å². The highest BCUT2D eigenvalue weighted by Gasteiger charge is 2.22. The van der Waals surface area contributed by atoms with E-state index in [1.54, 1.807) is 26.1 Å². The number of methoxy groups -OCH3 is 1. The van der Waals surface area contributed by atoms with E-state index in [-0.39, 0.29) is 12.5 Å². The number of nitrogens with one attached hydrogen (secondary N) is 2. The van der Waals surface area contributed by atoms with Gasteiger partial charge in [-0.2, -0.15) is 0 Å². The molecule has 2 unspecified atom stereocenters. The van der Waals surface area contributed by atoms with E-state index in [2.05, 4.69) is 23.6 Å². The lowest BCUT2D eigenvalue weighted by molar-refractivity contribution is -0.127. The summed E-state index contributed by atoms with van der Waals surface area (Å²) in [5.41, 5.74) is 2.18. The van der Waals surface area contributed by atoms with Crippen LogP contribution in [0.2, 0.25) is 0 Å². The molecule has 27 heavy (non-hydrogen) atoms. The van der Waals surface area contributed by atoms with Crippen LogP contribution in [0.1, 0.15) is 43.7 Å². The van der Waals surface area contributed by atoms with Crippen molar-refractivity contribution in [1.29, 1.82) is 0 Å². The molecule has 2 rings (SSSR count). The van der Waals surface area contributed by atoms with E-state index in [0.29, 0.717) is 24.5 Å². The second-order valence-corrected chi connectivity index (χ2v) is 7.63. The molecule has 0 radical (unpaired) electrons. The first-order valence-electron chi connectivity index (χ1n) is 9.79. The van der Waals surface area contributed by atoms with Gasteiger partial charge in [0.25, 0.3) is 0 Å². The Labute approximate surface area is 163 Å². The molecule has 0 heterocycles. The molecule has 6 heteroatoms. The molecule has 2 N–H and O–H groups in total. The second kappa shape index (κ2) is 10.2. The van der Waals surface area contributed by atoms with Crippen LogP contribution in [-0.4, -0.2) is 50.6 Å². The quantitative estimate of drug-likeness (QED) is 0.594. The Morgan fingerprint density at radius 1 is 1.30 bits per heavy atom. The molecular formula is C21H34N4O2. The molecule has 1 fully saturated rings. The fourth-order valence-corrected chi connectivity index (χ4v) is 3.32. The lowest BCUT2D eigenvalue weighted by Gasteiger charge is -2.31. The lowest BCUT2D eigenvalue weighted by atomic mass is 9.86. The molecule has 1 aliphatic carbocycles. The van der Waals surface area contributed by atoms with Crippen LogP contribution in [0.3, 0.4) is 0 Å². The molecule has 0 aromatic heterocycles. The average molecular weight is 375 g/mol. The van der Waals surface area contributed by atoms with Crippen molar-refractivity contribution >= 4 is 11.9 Å². The molecule has 0 bridgehead atoms. The molecular weight excluding hydrogens is 340 g/mol. The van der Waals surface area contributed by atoms with E-state index in [0.717, 1.165) is 23.3 Å². The van der Waals surface area contributed by atoms with Gasteiger partial charge in [0.05, 0.1) is 20.2 Å². The minimum atomic E-state index is 0.0223. The van der Waals surface area contributed by atoms with Crippen molar-refractivity contribution in [1.82, 2.24) is 15.5 Å². The minimum Gasteiger partial charge on any atom is -0.496 e. The number of hydrogen-bond acceptors (Lipinski definition) is 3. The van der Waals surface area contributed by atoms with Crippen molar-refractivity contribution in [3.8, 4) is 5.75 Å². The Hall–Kier alpha value is -2.24. The van der Waals surface area contributed by atoms with E-state index in [1.807, 2.05) is 19.1 Å². The number of benzene rings is 1. The van der Waals surface area contributed by atoms with E-state index in [4.69, 9.17) is 9.73 Å². The maximum atomic E-state index is 12.0. The number of ether oxygens (including phenoxy) is 1. The Morgan fingerprint density at radius 3 is 2.70 bits per heavy atom.